The van der Waals surface area contributed by atoms with Crippen molar-refractivity contribution in [1.29, 1.82) is 0 Å². The Balaban J connectivity index is 1.75. The number of hydrogen-bond acceptors (Lipinski definition) is 6. The number of hydrogen-bond donors (Lipinski definition) is 1. The van der Waals surface area contributed by atoms with Crippen LogP contribution in [0.25, 0.3) is 0 Å². The number of nitrogens with zero attached hydrogens (tertiary/aromatic N) is 3. The Hall–Kier alpha value is -1.89. The summed E-state index contributed by atoms with van der Waals surface area (Å²) < 4.78 is 5.42. The molecule has 0 saturated carbocycles. The van der Waals surface area contributed by atoms with Gasteiger partial charge in [-0.05, 0) is 32.2 Å². The lowest BCUT2D eigenvalue weighted by atomic mass is 10.1. The minimum Gasteiger partial charge on any atom is -0.383 e. The third-order valence-corrected chi connectivity index (χ3v) is 5.88. The van der Waals surface area contributed by atoms with E-state index in [-0.39, 0.29) is 0 Å². The number of aryl methyl sites for hydroxylation is 1. The monoisotopic (exact) mass is 356 g/mol. The van der Waals surface area contributed by atoms with Crippen molar-refractivity contribution in [2.45, 2.75) is 13.0 Å². The van der Waals surface area contributed by atoms with Gasteiger partial charge < -0.3 is 15.0 Å². The van der Waals surface area contributed by atoms with Crippen LogP contribution >= 0.6 is 11.3 Å². The number of methoxy groups -OCH3 is 1. The van der Waals surface area contributed by atoms with Crippen LogP contribution in [-0.2, 0) is 4.74 Å². The first-order chi connectivity index (χ1) is 12.2. The molecule has 0 spiro atoms. The number of anilines is 2. The van der Waals surface area contributed by atoms with Crippen molar-refractivity contribution in [2.24, 2.45) is 4.99 Å². The van der Waals surface area contributed by atoms with Crippen LogP contribution in [0.2, 0.25) is 0 Å². The topological polar surface area (TPSA) is 40.1 Å². The molecule has 6 heteroatoms. The molecule has 1 saturated heterocycles. The van der Waals surface area contributed by atoms with Gasteiger partial charge in [-0.15, -0.1) is 11.3 Å². The molecule has 2 aliphatic rings. The van der Waals surface area contributed by atoms with Gasteiger partial charge in [0.05, 0.1) is 29.6 Å². The molecule has 1 unspecified atom stereocenters. The van der Waals surface area contributed by atoms with E-state index in [2.05, 4.69) is 53.4 Å². The van der Waals surface area contributed by atoms with E-state index in [9.17, 15) is 0 Å². The van der Waals surface area contributed by atoms with Crippen molar-refractivity contribution in [3.05, 3.63) is 40.8 Å². The summed E-state index contributed by atoms with van der Waals surface area (Å²) in [5.74, 6) is 1.08. The van der Waals surface area contributed by atoms with Gasteiger partial charge in [0.25, 0.3) is 0 Å². The average molecular weight is 356 g/mol. The van der Waals surface area contributed by atoms with Gasteiger partial charge in [-0.2, -0.15) is 0 Å². The summed E-state index contributed by atoms with van der Waals surface area (Å²) >= 11 is 1.79. The number of nitrogens with one attached hydrogen (secondary N) is 1. The maximum Gasteiger partial charge on any atom is 0.139 e. The van der Waals surface area contributed by atoms with Gasteiger partial charge >= 0.3 is 0 Å². The Labute approximate surface area is 152 Å². The summed E-state index contributed by atoms with van der Waals surface area (Å²) in [6.45, 7) is 5.82. The maximum atomic E-state index is 5.42. The number of thiophene rings is 1. The van der Waals surface area contributed by atoms with Crippen LogP contribution in [0, 0.1) is 6.92 Å². The highest BCUT2D eigenvalue weighted by atomic mass is 32.1. The minimum absolute atomic E-state index is 0.385. The molecule has 0 radical (unpaired) electrons. The molecule has 1 fully saturated rings. The molecule has 1 atom stereocenters. The first kappa shape index (κ1) is 16.6. The summed E-state index contributed by atoms with van der Waals surface area (Å²) in [5.41, 5.74) is 3.28. The van der Waals surface area contributed by atoms with E-state index in [1.807, 2.05) is 6.07 Å². The molecule has 2 aromatic rings. The number of amidine groups is 1. The number of likely N-dealkylation sites (N-methyl/N-ethyl adjacent to an activating group) is 1. The van der Waals surface area contributed by atoms with Crippen molar-refractivity contribution in [2.75, 3.05) is 45.7 Å². The fraction of sp³-hybridized carbons (Fsp3) is 0.421. The van der Waals surface area contributed by atoms with Gasteiger partial charge in [0, 0.05) is 31.6 Å². The molecule has 132 valence electrons. The third-order valence-electron chi connectivity index (χ3n) is 4.91. The Bertz CT molecular complexity index is 800. The van der Waals surface area contributed by atoms with E-state index in [4.69, 9.17) is 9.73 Å². The second-order valence-electron chi connectivity index (χ2n) is 6.71. The zero-order valence-electron chi connectivity index (χ0n) is 15.0. The smallest absolute Gasteiger partial charge is 0.139 e. The summed E-state index contributed by atoms with van der Waals surface area (Å²) in [6.07, 6.45) is 0. The third kappa shape index (κ3) is 3.17. The fourth-order valence-corrected chi connectivity index (χ4v) is 4.42. The lowest BCUT2D eigenvalue weighted by molar-refractivity contribution is 0.0640. The molecular weight excluding hydrogens is 332 g/mol. The van der Waals surface area contributed by atoms with E-state index < -0.39 is 0 Å². The van der Waals surface area contributed by atoms with E-state index in [1.165, 1.54) is 15.4 Å². The number of para-hydroxylation sites is 2. The second kappa shape index (κ2) is 6.78. The highest BCUT2D eigenvalue weighted by molar-refractivity contribution is 7.16. The number of aliphatic imine (C=N–C) groups is 1. The summed E-state index contributed by atoms with van der Waals surface area (Å²) in [4.78, 5) is 11.2. The lowest BCUT2D eigenvalue weighted by Gasteiger charge is -2.40. The first-order valence-corrected chi connectivity index (χ1v) is 9.47. The molecule has 4 rings (SSSR count). The number of benzene rings is 1. The molecule has 5 nitrogen and oxygen atoms in total. The van der Waals surface area contributed by atoms with Gasteiger partial charge in [-0.25, -0.2) is 4.99 Å². The van der Waals surface area contributed by atoms with Crippen molar-refractivity contribution in [3.8, 4) is 0 Å². The van der Waals surface area contributed by atoms with Gasteiger partial charge in [-0.3, -0.25) is 4.90 Å². The van der Waals surface area contributed by atoms with E-state index in [1.54, 1.807) is 18.4 Å². The van der Waals surface area contributed by atoms with Crippen LogP contribution in [0.5, 0.6) is 0 Å². The highest BCUT2D eigenvalue weighted by Crippen LogP contribution is 2.39. The van der Waals surface area contributed by atoms with Crippen LogP contribution in [0.1, 0.15) is 10.4 Å². The Morgan fingerprint density at radius 2 is 2.16 bits per heavy atom. The van der Waals surface area contributed by atoms with E-state index >= 15 is 0 Å². The van der Waals surface area contributed by atoms with Crippen molar-refractivity contribution in [3.63, 3.8) is 0 Å². The second-order valence-corrected chi connectivity index (χ2v) is 7.97. The standard InChI is InChI=1S/C19H24N4OS/c1-13-10-15-18(23-9-8-22(2)14(11-23)12-24-3)20-16-6-4-5-7-17(16)21-19(15)25-13/h4-7,10,14,21H,8-9,11-12H2,1-3H3. The molecule has 3 heterocycles. The van der Waals surface area contributed by atoms with Gasteiger partial charge in [-0.1, -0.05) is 12.1 Å². The predicted molar refractivity (Wildman–Crippen MR) is 105 cm³/mol. The molecule has 1 aromatic heterocycles. The fourth-order valence-electron chi connectivity index (χ4n) is 3.50. The molecule has 0 aliphatic carbocycles. The van der Waals surface area contributed by atoms with Crippen molar-refractivity contribution < 1.29 is 4.74 Å². The van der Waals surface area contributed by atoms with Gasteiger partial charge in [0.15, 0.2) is 0 Å². The van der Waals surface area contributed by atoms with Crippen LogP contribution in [0.15, 0.2) is 35.3 Å². The number of fused-ring (bicyclic) bond motifs is 2. The number of piperazine rings is 1. The zero-order chi connectivity index (χ0) is 17.4. The molecule has 2 aliphatic heterocycles. The van der Waals surface area contributed by atoms with Gasteiger partial charge in [0.1, 0.15) is 10.8 Å². The summed E-state index contributed by atoms with van der Waals surface area (Å²) in [5, 5.41) is 4.76. The molecule has 1 aromatic carbocycles. The first-order valence-electron chi connectivity index (χ1n) is 8.65. The van der Waals surface area contributed by atoms with Crippen molar-refractivity contribution in [1.82, 2.24) is 9.80 Å². The molecule has 0 bridgehead atoms. The largest absolute Gasteiger partial charge is 0.383 e. The van der Waals surface area contributed by atoms with E-state index in [0.717, 1.165) is 43.5 Å². The molecular formula is C19H24N4OS. The quantitative estimate of drug-likeness (QED) is 0.895. The van der Waals surface area contributed by atoms with Crippen molar-refractivity contribution >= 4 is 33.5 Å². The summed E-state index contributed by atoms with van der Waals surface area (Å²) in [6, 6.07) is 10.9. The van der Waals surface area contributed by atoms with Crippen LogP contribution in [0.3, 0.4) is 0 Å². The molecule has 0 amide bonds. The molecule has 1 N–H and O–H groups in total. The minimum atomic E-state index is 0.385. The zero-order valence-corrected chi connectivity index (χ0v) is 15.8. The summed E-state index contributed by atoms with van der Waals surface area (Å²) in [7, 11) is 3.95. The lowest BCUT2D eigenvalue weighted by Crippen LogP contribution is -2.54. The predicted octanol–water partition coefficient (Wildman–Crippen LogP) is 3.45. The maximum absolute atomic E-state index is 5.42. The van der Waals surface area contributed by atoms with E-state index in [0.29, 0.717) is 6.04 Å². The Morgan fingerprint density at radius 3 is 3.00 bits per heavy atom. The van der Waals surface area contributed by atoms with Crippen LogP contribution < -0.4 is 5.32 Å². The highest BCUT2D eigenvalue weighted by Gasteiger charge is 2.29. The SMILES string of the molecule is COCC1CN(C2=Nc3ccccc3Nc3sc(C)cc32)CCN1C. The Morgan fingerprint density at radius 1 is 1.32 bits per heavy atom. The van der Waals surface area contributed by atoms with Crippen LogP contribution in [-0.4, -0.2) is 62.1 Å². The van der Waals surface area contributed by atoms with Gasteiger partial charge in [0.2, 0.25) is 0 Å². The average Bonchev–Trinajstić information content (AvgIpc) is 2.89. The normalized spacial score (nSPS) is 20.4. The number of ether oxygens (including phenoxy) is 1. The van der Waals surface area contributed by atoms with Crippen LogP contribution in [0.4, 0.5) is 16.4 Å². The Kier molecular flexibility index (Phi) is 4.50. The number of rotatable bonds is 2. The molecule has 25 heavy (non-hydrogen) atoms.